The molecule has 5 heteroatoms. The van der Waals surface area contributed by atoms with Gasteiger partial charge in [0.25, 0.3) is 0 Å². The van der Waals surface area contributed by atoms with Crippen LogP contribution in [0.4, 0.5) is 5.13 Å². The first-order chi connectivity index (χ1) is 8.40. The fraction of sp³-hybridized carbons (Fsp3) is 0.692. The summed E-state index contributed by atoms with van der Waals surface area (Å²) < 4.78 is 0. The van der Waals surface area contributed by atoms with E-state index in [9.17, 15) is 4.79 Å². The van der Waals surface area contributed by atoms with Crippen LogP contribution in [0.1, 0.15) is 39.3 Å². The highest BCUT2D eigenvalue weighted by Gasteiger charge is 2.15. The lowest BCUT2D eigenvalue weighted by Crippen LogP contribution is -2.29. The number of thiazole rings is 1. The molecule has 0 aliphatic rings. The molecule has 0 aliphatic heterocycles. The maximum Gasteiger partial charge on any atom is 0.303 e. The van der Waals surface area contributed by atoms with Crippen molar-refractivity contribution in [2.45, 2.75) is 46.1 Å². The van der Waals surface area contributed by atoms with Gasteiger partial charge in [-0.3, -0.25) is 4.79 Å². The Hall–Kier alpha value is -1.10. The Morgan fingerprint density at radius 3 is 2.72 bits per heavy atom. The van der Waals surface area contributed by atoms with Crippen molar-refractivity contribution < 1.29 is 9.90 Å². The van der Waals surface area contributed by atoms with Gasteiger partial charge in [-0.2, -0.15) is 0 Å². The Morgan fingerprint density at radius 2 is 2.17 bits per heavy atom. The van der Waals surface area contributed by atoms with Crippen LogP contribution in [-0.2, 0) is 11.2 Å². The molecule has 1 rings (SSSR count). The van der Waals surface area contributed by atoms with Gasteiger partial charge in [0.05, 0.1) is 12.1 Å². The summed E-state index contributed by atoms with van der Waals surface area (Å²) in [6, 6.07) is 0.448. The van der Waals surface area contributed by atoms with Crippen molar-refractivity contribution in [3.63, 3.8) is 0 Å². The molecule has 0 spiro atoms. The number of carboxylic acids is 1. The summed E-state index contributed by atoms with van der Waals surface area (Å²) in [7, 11) is 2.05. The molecule has 0 saturated carbocycles. The number of nitrogens with zero attached hydrogens (tertiary/aromatic N) is 2. The highest BCUT2D eigenvalue weighted by molar-refractivity contribution is 7.13. The van der Waals surface area contributed by atoms with Gasteiger partial charge < -0.3 is 10.0 Å². The monoisotopic (exact) mass is 270 g/mol. The minimum Gasteiger partial charge on any atom is -0.481 e. The number of aliphatic carboxylic acids is 1. The van der Waals surface area contributed by atoms with Crippen molar-refractivity contribution >= 4 is 22.4 Å². The van der Waals surface area contributed by atoms with Gasteiger partial charge in [0.2, 0.25) is 0 Å². The van der Waals surface area contributed by atoms with E-state index in [0.717, 1.165) is 17.2 Å². The summed E-state index contributed by atoms with van der Waals surface area (Å²) in [5.74, 6) is -0.111. The third kappa shape index (κ3) is 4.64. The maximum absolute atomic E-state index is 10.5. The molecule has 1 N–H and O–H groups in total. The molecule has 0 aromatic carbocycles. The Bertz CT molecular complexity index is 390. The van der Waals surface area contributed by atoms with Crippen molar-refractivity contribution in [2.75, 3.05) is 11.9 Å². The van der Waals surface area contributed by atoms with E-state index in [1.807, 2.05) is 12.4 Å². The standard InChI is InChI=1S/C13H22N2O2S/c1-9(2)7-10(3)15(4)13-14-11(8-18-13)5-6-12(16)17/h8-10H,5-7H2,1-4H3,(H,16,17). The van der Waals surface area contributed by atoms with Gasteiger partial charge in [-0.15, -0.1) is 11.3 Å². The van der Waals surface area contributed by atoms with Crippen molar-refractivity contribution in [2.24, 2.45) is 5.92 Å². The molecule has 4 nitrogen and oxygen atoms in total. The molecule has 102 valence electrons. The first-order valence-electron chi connectivity index (χ1n) is 6.29. The van der Waals surface area contributed by atoms with Crippen molar-refractivity contribution in [3.8, 4) is 0 Å². The minimum absolute atomic E-state index is 0.147. The number of aromatic nitrogens is 1. The molecule has 0 saturated heterocycles. The van der Waals surface area contributed by atoms with E-state index < -0.39 is 5.97 Å². The van der Waals surface area contributed by atoms with Gasteiger partial charge >= 0.3 is 5.97 Å². The van der Waals surface area contributed by atoms with Gasteiger partial charge in [-0.05, 0) is 19.3 Å². The van der Waals surface area contributed by atoms with Crippen LogP contribution < -0.4 is 4.90 Å². The Balaban J connectivity index is 2.58. The Labute approximate surface area is 113 Å². The highest BCUT2D eigenvalue weighted by atomic mass is 32.1. The first kappa shape index (κ1) is 15.0. The van der Waals surface area contributed by atoms with Crippen molar-refractivity contribution in [1.29, 1.82) is 0 Å². The number of hydrogen-bond donors (Lipinski definition) is 1. The van der Waals surface area contributed by atoms with E-state index >= 15 is 0 Å². The number of hydrogen-bond acceptors (Lipinski definition) is 4. The van der Waals surface area contributed by atoms with Crippen LogP contribution in [0, 0.1) is 5.92 Å². The molecule has 0 fully saturated rings. The van der Waals surface area contributed by atoms with Crippen LogP contribution in [0.3, 0.4) is 0 Å². The largest absolute Gasteiger partial charge is 0.481 e. The summed E-state index contributed by atoms with van der Waals surface area (Å²) >= 11 is 1.59. The fourth-order valence-corrected chi connectivity index (χ4v) is 2.77. The van der Waals surface area contributed by atoms with E-state index in [0.29, 0.717) is 18.4 Å². The average molecular weight is 270 g/mol. The molecule has 0 bridgehead atoms. The second kappa shape index (κ2) is 6.73. The Morgan fingerprint density at radius 1 is 1.50 bits per heavy atom. The zero-order valence-corrected chi connectivity index (χ0v) is 12.3. The van der Waals surface area contributed by atoms with Crippen LogP contribution in [-0.4, -0.2) is 29.1 Å². The van der Waals surface area contributed by atoms with Gasteiger partial charge in [0, 0.05) is 24.9 Å². The summed E-state index contributed by atoms with van der Waals surface area (Å²) in [5.41, 5.74) is 0.876. The van der Waals surface area contributed by atoms with Gasteiger partial charge in [-0.1, -0.05) is 13.8 Å². The highest BCUT2D eigenvalue weighted by Crippen LogP contribution is 2.23. The molecule has 1 unspecified atom stereocenters. The molecular weight excluding hydrogens is 248 g/mol. The second-order valence-corrected chi connectivity index (χ2v) is 5.94. The van der Waals surface area contributed by atoms with Crippen LogP contribution >= 0.6 is 11.3 Å². The van der Waals surface area contributed by atoms with Crippen LogP contribution in [0.5, 0.6) is 0 Å². The van der Waals surface area contributed by atoms with Gasteiger partial charge in [-0.25, -0.2) is 4.98 Å². The molecule has 1 aromatic heterocycles. The number of rotatable bonds is 7. The lowest BCUT2D eigenvalue weighted by molar-refractivity contribution is -0.136. The number of carboxylic acid groups (broad SMARTS) is 1. The summed E-state index contributed by atoms with van der Waals surface area (Å²) in [6.07, 6.45) is 1.78. The predicted molar refractivity (Wildman–Crippen MR) is 75.4 cm³/mol. The number of anilines is 1. The average Bonchev–Trinajstić information content (AvgIpc) is 2.72. The van der Waals surface area contributed by atoms with Crippen molar-refractivity contribution in [1.82, 2.24) is 4.98 Å². The molecule has 18 heavy (non-hydrogen) atoms. The molecule has 0 amide bonds. The van der Waals surface area contributed by atoms with Crippen LogP contribution in [0.25, 0.3) is 0 Å². The van der Waals surface area contributed by atoms with E-state index in [4.69, 9.17) is 5.11 Å². The predicted octanol–water partition coefficient (Wildman–Crippen LogP) is 3.03. The SMILES string of the molecule is CC(C)CC(C)N(C)c1nc(CCC(=O)O)cs1. The number of aryl methyl sites for hydroxylation is 1. The van der Waals surface area contributed by atoms with E-state index in [1.54, 1.807) is 11.3 Å². The van der Waals surface area contributed by atoms with Crippen molar-refractivity contribution in [3.05, 3.63) is 11.1 Å². The third-order valence-corrected chi connectivity index (χ3v) is 3.89. The van der Waals surface area contributed by atoms with E-state index in [2.05, 4.69) is 30.7 Å². The molecule has 0 radical (unpaired) electrons. The molecule has 1 aromatic rings. The summed E-state index contributed by atoms with van der Waals surface area (Å²) in [6.45, 7) is 6.62. The topological polar surface area (TPSA) is 53.4 Å². The summed E-state index contributed by atoms with van der Waals surface area (Å²) in [4.78, 5) is 17.2. The maximum atomic E-state index is 10.5. The van der Waals surface area contributed by atoms with Crippen LogP contribution in [0.15, 0.2) is 5.38 Å². The Kier molecular flexibility index (Phi) is 5.59. The smallest absolute Gasteiger partial charge is 0.303 e. The van der Waals surface area contributed by atoms with E-state index in [-0.39, 0.29) is 6.42 Å². The zero-order chi connectivity index (χ0) is 13.7. The lowest BCUT2D eigenvalue weighted by Gasteiger charge is -2.25. The number of carbonyl (C=O) groups is 1. The van der Waals surface area contributed by atoms with E-state index in [1.165, 1.54) is 0 Å². The minimum atomic E-state index is -0.772. The summed E-state index contributed by atoms with van der Waals surface area (Å²) in [5, 5.41) is 11.6. The molecule has 1 heterocycles. The normalized spacial score (nSPS) is 12.7. The molecular formula is C13H22N2O2S. The second-order valence-electron chi connectivity index (χ2n) is 5.10. The molecule has 1 atom stereocenters. The lowest BCUT2D eigenvalue weighted by atomic mass is 10.0. The third-order valence-electron chi connectivity index (χ3n) is 2.91. The first-order valence-corrected chi connectivity index (χ1v) is 7.17. The van der Waals surface area contributed by atoms with Gasteiger partial charge in [0.15, 0.2) is 5.13 Å². The fourth-order valence-electron chi connectivity index (χ4n) is 1.84. The zero-order valence-electron chi connectivity index (χ0n) is 11.5. The van der Waals surface area contributed by atoms with Crippen LogP contribution in [0.2, 0.25) is 0 Å². The quantitative estimate of drug-likeness (QED) is 0.827. The van der Waals surface area contributed by atoms with Gasteiger partial charge in [0.1, 0.15) is 0 Å². The molecule has 0 aliphatic carbocycles.